The van der Waals surface area contributed by atoms with Crippen molar-refractivity contribution in [2.45, 2.75) is 18.4 Å². The van der Waals surface area contributed by atoms with E-state index in [0.717, 1.165) is 5.56 Å². The molecule has 0 spiro atoms. The third-order valence-corrected chi connectivity index (χ3v) is 4.73. The van der Waals surface area contributed by atoms with E-state index in [2.05, 4.69) is 4.72 Å². The minimum atomic E-state index is -3.84. The summed E-state index contributed by atoms with van der Waals surface area (Å²) in [5, 5.41) is 10.9. The quantitative estimate of drug-likeness (QED) is 0.456. The molecule has 0 heterocycles. The summed E-state index contributed by atoms with van der Waals surface area (Å²) in [7, 11) is -3.84. The van der Waals surface area contributed by atoms with E-state index in [1.165, 1.54) is 30.3 Å². The zero-order chi connectivity index (χ0) is 18.4. The highest BCUT2D eigenvalue weighted by Gasteiger charge is 2.17. The lowest BCUT2D eigenvalue weighted by molar-refractivity contribution is -0.385. The van der Waals surface area contributed by atoms with Crippen molar-refractivity contribution in [2.75, 3.05) is 6.54 Å². The Hall–Kier alpha value is -2.78. The van der Waals surface area contributed by atoms with Crippen molar-refractivity contribution in [3.05, 3.63) is 69.8 Å². The molecule has 0 aliphatic heterocycles. The van der Waals surface area contributed by atoms with Gasteiger partial charge in [-0.15, -0.1) is 0 Å². The second kappa shape index (κ2) is 7.86. The van der Waals surface area contributed by atoms with Crippen molar-refractivity contribution in [3.8, 4) is 0 Å². The number of hydrogen-bond donors (Lipinski definition) is 1. The van der Waals surface area contributed by atoms with Crippen LogP contribution < -0.4 is 4.72 Å². The molecule has 0 amide bonds. The standard InChI is InChI=1S/C16H16N2O6S/c1-12-6-8-14(9-7-12)25(22,23)17-10-16(19)24-11-13-4-2-3-5-15(13)18(20)21/h2-9,17H,10-11H2,1H3. The highest BCUT2D eigenvalue weighted by atomic mass is 32.2. The number of esters is 1. The molecule has 2 aromatic rings. The predicted molar refractivity (Wildman–Crippen MR) is 89.3 cm³/mol. The number of nitro groups is 1. The Labute approximate surface area is 144 Å². The van der Waals surface area contributed by atoms with Gasteiger partial charge in [0.15, 0.2) is 0 Å². The number of carbonyl (C=O) groups excluding carboxylic acids is 1. The average molecular weight is 364 g/mol. The van der Waals surface area contributed by atoms with Gasteiger partial charge in [0, 0.05) is 6.07 Å². The summed E-state index contributed by atoms with van der Waals surface area (Å²) >= 11 is 0. The van der Waals surface area contributed by atoms with Gasteiger partial charge in [-0.2, -0.15) is 4.72 Å². The molecule has 0 aromatic heterocycles. The normalized spacial score (nSPS) is 11.1. The van der Waals surface area contributed by atoms with Crippen LogP contribution in [-0.2, 0) is 26.2 Å². The van der Waals surface area contributed by atoms with Gasteiger partial charge in [0.25, 0.3) is 5.69 Å². The number of para-hydroxylation sites is 1. The van der Waals surface area contributed by atoms with E-state index in [-0.39, 0.29) is 22.8 Å². The maximum atomic E-state index is 12.1. The Morgan fingerprint density at radius 3 is 2.44 bits per heavy atom. The van der Waals surface area contributed by atoms with Crippen LogP contribution in [0.4, 0.5) is 5.69 Å². The van der Waals surface area contributed by atoms with E-state index in [4.69, 9.17) is 4.74 Å². The van der Waals surface area contributed by atoms with Crippen molar-refractivity contribution in [2.24, 2.45) is 0 Å². The molecule has 0 fully saturated rings. The second-order valence-electron chi connectivity index (χ2n) is 5.18. The van der Waals surface area contributed by atoms with Crippen molar-refractivity contribution >= 4 is 21.7 Å². The summed E-state index contributed by atoms with van der Waals surface area (Å²) in [6.07, 6.45) is 0. The third kappa shape index (κ3) is 5.10. The first-order valence-corrected chi connectivity index (χ1v) is 8.72. The molecule has 0 unspecified atom stereocenters. The van der Waals surface area contributed by atoms with Crippen LogP contribution in [0.15, 0.2) is 53.4 Å². The van der Waals surface area contributed by atoms with E-state index in [1.54, 1.807) is 18.2 Å². The number of nitro benzene ring substituents is 1. The molecule has 0 radical (unpaired) electrons. The van der Waals surface area contributed by atoms with Crippen molar-refractivity contribution in [1.29, 1.82) is 0 Å². The lowest BCUT2D eigenvalue weighted by Gasteiger charge is -2.08. The molecule has 0 saturated heterocycles. The fraction of sp³-hybridized carbons (Fsp3) is 0.188. The first-order valence-electron chi connectivity index (χ1n) is 7.24. The van der Waals surface area contributed by atoms with Gasteiger partial charge in [0.2, 0.25) is 10.0 Å². The van der Waals surface area contributed by atoms with Crippen LogP contribution in [0.1, 0.15) is 11.1 Å². The number of nitrogens with one attached hydrogen (secondary N) is 1. The zero-order valence-electron chi connectivity index (χ0n) is 13.3. The molecule has 0 atom stereocenters. The Morgan fingerprint density at radius 2 is 1.80 bits per heavy atom. The molecular weight excluding hydrogens is 348 g/mol. The second-order valence-corrected chi connectivity index (χ2v) is 6.95. The lowest BCUT2D eigenvalue weighted by atomic mass is 10.2. The maximum Gasteiger partial charge on any atom is 0.321 e. The summed E-state index contributed by atoms with van der Waals surface area (Å²) in [4.78, 5) is 22.0. The number of hydrogen-bond acceptors (Lipinski definition) is 6. The largest absolute Gasteiger partial charge is 0.460 e. The summed E-state index contributed by atoms with van der Waals surface area (Å²) < 4.78 is 31.1. The number of benzene rings is 2. The van der Waals surface area contributed by atoms with Crippen LogP contribution in [0.2, 0.25) is 0 Å². The number of sulfonamides is 1. The topological polar surface area (TPSA) is 116 Å². The minimum absolute atomic E-state index is 0.0320. The monoisotopic (exact) mass is 364 g/mol. The van der Waals surface area contributed by atoms with Gasteiger partial charge in [-0.3, -0.25) is 14.9 Å². The Balaban J connectivity index is 1.93. The van der Waals surface area contributed by atoms with Gasteiger partial charge in [-0.05, 0) is 25.1 Å². The maximum absolute atomic E-state index is 12.1. The van der Waals surface area contributed by atoms with E-state index in [1.807, 2.05) is 6.92 Å². The molecule has 0 saturated carbocycles. The molecule has 1 N–H and O–H groups in total. The van der Waals surface area contributed by atoms with Gasteiger partial charge in [0.05, 0.1) is 15.4 Å². The molecule has 9 heteroatoms. The lowest BCUT2D eigenvalue weighted by Crippen LogP contribution is -2.30. The minimum Gasteiger partial charge on any atom is -0.460 e. The molecule has 2 aromatic carbocycles. The summed E-state index contributed by atoms with van der Waals surface area (Å²) in [5.74, 6) is -0.839. The van der Waals surface area contributed by atoms with E-state index in [9.17, 15) is 23.3 Å². The van der Waals surface area contributed by atoms with Crippen LogP contribution in [0.3, 0.4) is 0 Å². The first kappa shape index (κ1) is 18.6. The third-order valence-electron chi connectivity index (χ3n) is 3.31. The van der Waals surface area contributed by atoms with E-state index in [0.29, 0.717) is 0 Å². The van der Waals surface area contributed by atoms with Crippen LogP contribution in [0.25, 0.3) is 0 Å². The summed E-state index contributed by atoms with van der Waals surface area (Å²) in [6.45, 7) is 0.934. The Kier molecular flexibility index (Phi) is 5.84. The highest BCUT2D eigenvalue weighted by molar-refractivity contribution is 7.89. The van der Waals surface area contributed by atoms with Crippen LogP contribution in [-0.4, -0.2) is 25.9 Å². The molecule has 25 heavy (non-hydrogen) atoms. The molecule has 0 bridgehead atoms. The first-order chi connectivity index (χ1) is 11.8. The van der Waals surface area contributed by atoms with Crippen LogP contribution in [0, 0.1) is 17.0 Å². The molecule has 0 aliphatic rings. The van der Waals surface area contributed by atoms with Crippen molar-refractivity contribution in [3.63, 3.8) is 0 Å². The molecule has 132 valence electrons. The molecule has 8 nitrogen and oxygen atoms in total. The molecular formula is C16H16N2O6S. The smallest absolute Gasteiger partial charge is 0.321 e. The number of ether oxygens (including phenoxy) is 1. The van der Waals surface area contributed by atoms with Gasteiger partial charge in [-0.25, -0.2) is 8.42 Å². The number of aryl methyl sites for hydroxylation is 1. The molecule has 0 aliphatic carbocycles. The zero-order valence-corrected chi connectivity index (χ0v) is 14.2. The average Bonchev–Trinajstić information content (AvgIpc) is 2.59. The number of carbonyl (C=O) groups is 1. The highest BCUT2D eigenvalue weighted by Crippen LogP contribution is 2.18. The van der Waals surface area contributed by atoms with Gasteiger partial charge >= 0.3 is 5.97 Å². The predicted octanol–water partition coefficient (Wildman–Crippen LogP) is 1.92. The number of nitrogens with zero attached hydrogens (tertiary/aromatic N) is 1. The van der Waals surface area contributed by atoms with Crippen LogP contribution >= 0.6 is 0 Å². The van der Waals surface area contributed by atoms with Crippen molar-refractivity contribution < 1.29 is 22.9 Å². The van der Waals surface area contributed by atoms with E-state index < -0.39 is 27.5 Å². The summed E-state index contributed by atoms with van der Waals surface area (Å²) in [6, 6.07) is 12.0. The SMILES string of the molecule is Cc1ccc(S(=O)(=O)NCC(=O)OCc2ccccc2[N+](=O)[O-])cc1. The Bertz CT molecular complexity index is 878. The van der Waals surface area contributed by atoms with E-state index >= 15 is 0 Å². The van der Waals surface area contributed by atoms with Crippen molar-refractivity contribution in [1.82, 2.24) is 4.72 Å². The fourth-order valence-corrected chi connectivity index (χ4v) is 2.94. The molecule has 2 rings (SSSR count). The van der Waals surface area contributed by atoms with Gasteiger partial charge in [-0.1, -0.05) is 29.8 Å². The van der Waals surface area contributed by atoms with Gasteiger partial charge < -0.3 is 4.74 Å². The summed E-state index contributed by atoms with van der Waals surface area (Å²) in [5.41, 5.74) is 0.959. The Morgan fingerprint density at radius 1 is 1.16 bits per heavy atom. The fourth-order valence-electron chi connectivity index (χ4n) is 1.97. The number of rotatable bonds is 7. The van der Waals surface area contributed by atoms with Crippen LogP contribution in [0.5, 0.6) is 0 Å². The van der Waals surface area contributed by atoms with Gasteiger partial charge in [0.1, 0.15) is 13.2 Å².